The van der Waals surface area contributed by atoms with Gasteiger partial charge >= 0.3 is 11.6 Å². The van der Waals surface area contributed by atoms with Crippen LogP contribution in [-0.2, 0) is 6.42 Å². The number of benzene rings is 1. The van der Waals surface area contributed by atoms with E-state index in [9.17, 15) is 10.1 Å². The number of aliphatic hydroxyl groups excluding tert-OH is 1. The Kier molecular flexibility index (Phi) is 5.39. The molecule has 0 saturated carbocycles. The van der Waals surface area contributed by atoms with E-state index in [1.165, 1.54) is 6.33 Å². The fraction of sp³-hybridized carbons (Fsp3) is 0.412. The molecule has 1 aromatic heterocycles. The molecule has 1 N–H and O–H groups in total. The molecular weight excluding hydrogens is 324 g/mol. The molecule has 0 bridgehead atoms. The summed E-state index contributed by atoms with van der Waals surface area (Å²) in [5.74, 6) is 0.704. The van der Waals surface area contributed by atoms with E-state index in [2.05, 4.69) is 9.97 Å². The van der Waals surface area contributed by atoms with Crippen LogP contribution in [0.2, 0.25) is 0 Å². The van der Waals surface area contributed by atoms with Crippen LogP contribution in [0.15, 0.2) is 30.6 Å². The van der Waals surface area contributed by atoms with Crippen LogP contribution >= 0.6 is 0 Å². The molecular formula is C17H20N4O4. The molecule has 8 heteroatoms. The number of hydrogen-bond acceptors (Lipinski definition) is 7. The van der Waals surface area contributed by atoms with Gasteiger partial charge in [-0.15, -0.1) is 0 Å². The lowest BCUT2D eigenvalue weighted by Gasteiger charge is -2.27. The first-order chi connectivity index (χ1) is 12.2. The molecule has 8 nitrogen and oxygen atoms in total. The Bertz CT molecular complexity index is 730. The minimum atomic E-state index is -0.487. The van der Waals surface area contributed by atoms with Gasteiger partial charge in [0.25, 0.3) is 0 Å². The fourth-order valence-electron chi connectivity index (χ4n) is 2.89. The number of piperidine rings is 1. The van der Waals surface area contributed by atoms with Crippen molar-refractivity contribution in [3.8, 4) is 11.6 Å². The Morgan fingerprint density at radius 3 is 2.52 bits per heavy atom. The van der Waals surface area contributed by atoms with Gasteiger partial charge in [-0.05, 0) is 43.4 Å². The minimum absolute atomic E-state index is 0.0597. The molecule has 0 aliphatic carbocycles. The Balaban J connectivity index is 1.88. The van der Waals surface area contributed by atoms with Gasteiger partial charge < -0.3 is 14.7 Å². The average Bonchev–Trinajstić information content (AvgIpc) is 2.64. The van der Waals surface area contributed by atoms with Crippen LogP contribution in [-0.4, -0.2) is 39.7 Å². The number of nitro groups is 1. The predicted octanol–water partition coefficient (Wildman–Crippen LogP) is 2.70. The maximum absolute atomic E-state index is 11.6. The van der Waals surface area contributed by atoms with Crippen LogP contribution in [0.1, 0.15) is 24.8 Å². The number of ether oxygens (including phenoxy) is 1. The first-order valence-electron chi connectivity index (χ1n) is 8.31. The molecule has 132 valence electrons. The first-order valence-corrected chi connectivity index (χ1v) is 8.31. The second-order valence-corrected chi connectivity index (χ2v) is 5.88. The molecule has 0 unspecified atom stereocenters. The third-order valence-electron chi connectivity index (χ3n) is 4.15. The molecule has 1 aliphatic rings. The Morgan fingerprint density at radius 1 is 1.16 bits per heavy atom. The van der Waals surface area contributed by atoms with Crippen LogP contribution in [0.5, 0.6) is 11.6 Å². The fourth-order valence-corrected chi connectivity index (χ4v) is 2.89. The van der Waals surface area contributed by atoms with Crippen molar-refractivity contribution in [2.45, 2.75) is 25.7 Å². The number of aliphatic hydroxyl groups is 1. The zero-order valence-electron chi connectivity index (χ0n) is 13.8. The highest BCUT2D eigenvalue weighted by Gasteiger charge is 2.29. The minimum Gasteiger partial charge on any atom is -0.434 e. The summed E-state index contributed by atoms with van der Waals surface area (Å²) in [7, 11) is 0. The maximum atomic E-state index is 11.6. The lowest BCUT2D eigenvalue weighted by atomic mass is 10.1. The standard InChI is InChI=1S/C17H20N4O4/c22-11-8-13-4-6-14(7-5-13)25-17-15(21(23)24)16(18-12-19-17)20-9-2-1-3-10-20/h4-7,12,22H,1-3,8-11H2. The summed E-state index contributed by atoms with van der Waals surface area (Å²) in [6.07, 6.45) is 4.95. The monoisotopic (exact) mass is 344 g/mol. The Hall–Kier alpha value is -2.74. The summed E-state index contributed by atoms with van der Waals surface area (Å²) in [6.45, 7) is 1.55. The Morgan fingerprint density at radius 2 is 1.88 bits per heavy atom. The van der Waals surface area contributed by atoms with Crippen molar-refractivity contribution in [2.24, 2.45) is 0 Å². The zero-order valence-corrected chi connectivity index (χ0v) is 13.8. The van der Waals surface area contributed by atoms with Gasteiger partial charge in [0.2, 0.25) is 5.82 Å². The van der Waals surface area contributed by atoms with E-state index in [0.29, 0.717) is 18.0 Å². The number of rotatable bonds is 6. The topological polar surface area (TPSA) is 102 Å². The van der Waals surface area contributed by atoms with Crippen molar-refractivity contribution >= 4 is 11.5 Å². The molecule has 1 saturated heterocycles. The van der Waals surface area contributed by atoms with Crippen molar-refractivity contribution in [1.29, 1.82) is 0 Å². The number of aromatic nitrogens is 2. The smallest absolute Gasteiger partial charge is 0.373 e. The third-order valence-corrected chi connectivity index (χ3v) is 4.15. The van der Waals surface area contributed by atoms with Gasteiger partial charge in [0.05, 0.1) is 4.92 Å². The van der Waals surface area contributed by atoms with E-state index in [1.807, 2.05) is 17.0 Å². The SMILES string of the molecule is O=[N+]([O-])c1c(Oc2ccc(CCO)cc2)ncnc1N1CCCCC1. The molecule has 1 fully saturated rings. The van der Waals surface area contributed by atoms with Gasteiger partial charge in [-0.3, -0.25) is 10.1 Å². The van der Waals surface area contributed by atoms with E-state index in [1.54, 1.807) is 12.1 Å². The van der Waals surface area contributed by atoms with Gasteiger partial charge in [0, 0.05) is 19.7 Å². The average molecular weight is 344 g/mol. The third kappa shape index (κ3) is 4.03. The van der Waals surface area contributed by atoms with E-state index in [0.717, 1.165) is 37.9 Å². The van der Waals surface area contributed by atoms with Crippen molar-refractivity contribution < 1.29 is 14.8 Å². The van der Waals surface area contributed by atoms with Gasteiger partial charge in [0.15, 0.2) is 0 Å². The van der Waals surface area contributed by atoms with Crippen LogP contribution in [0.3, 0.4) is 0 Å². The molecule has 0 amide bonds. The lowest BCUT2D eigenvalue weighted by molar-refractivity contribution is -0.385. The molecule has 0 atom stereocenters. The number of anilines is 1. The van der Waals surface area contributed by atoms with Crippen molar-refractivity contribution in [2.75, 3.05) is 24.6 Å². The molecule has 25 heavy (non-hydrogen) atoms. The van der Waals surface area contributed by atoms with Crippen molar-refractivity contribution in [3.63, 3.8) is 0 Å². The van der Waals surface area contributed by atoms with Crippen LogP contribution < -0.4 is 9.64 Å². The number of nitrogens with zero attached hydrogens (tertiary/aromatic N) is 4. The van der Waals surface area contributed by atoms with Gasteiger partial charge in [-0.1, -0.05) is 12.1 Å². The predicted molar refractivity (Wildman–Crippen MR) is 92.1 cm³/mol. The highest BCUT2D eigenvalue weighted by molar-refractivity contribution is 5.63. The van der Waals surface area contributed by atoms with Gasteiger partial charge in [0.1, 0.15) is 12.1 Å². The van der Waals surface area contributed by atoms with Crippen molar-refractivity contribution in [1.82, 2.24) is 9.97 Å². The largest absolute Gasteiger partial charge is 0.434 e. The number of hydrogen-bond donors (Lipinski definition) is 1. The first kappa shape index (κ1) is 17.1. The van der Waals surface area contributed by atoms with Crippen molar-refractivity contribution in [3.05, 3.63) is 46.3 Å². The molecule has 2 heterocycles. The quantitative estimate of drug-likeness (QED) is 0.635. The molecule has 1 aliphatic heterocycles. The summed E-state index contributed by atoms with van der Waals surface area (Å²) < 4.78 is 5.65. The molecule has 0 radical (unpaired) electrons. The summed E-state index contributed by atoms with van der Waals surface area (Å²) in [4.78, 5) is 21.1. The zero-order chi connectivity index (χ0) is 17.6. The highest BCUT2D eigenvalue weighted by atomic mass is 16.6. The summed E-state index contributed by atoms with van der Waals surface area (Å²) in [5.41, 5.74) is 0.755. The summed E-state index contributed by atoms with van der Waals surface area (Å²) in [5, 5.41) is 20.6. The molecule has 0 spiro atoms. The normalized spacial score (nSPS) is 14.4. The van der Waals surface area contributed by atoms with E-state index >= 15 is 0 Å². The highest BCUT2D eigenvalue weighted by Crippen LogP contribution is 2.36. The lowest BCUT2D eigenvalue weighted by Crippen LogP contribution is -2.30. The van der Waals surface area contributed by atoms with Crippen LogP contribution in [0, 0.1) is 10.1 Å². The van der Waals surface area contributed by atoms with Crippen LogP contribution in [0.25, 0.3) is 0 Å². The maximum Gasteiger partial charge on any atom is 0.373 e. The Labute approximate surface area is 145 Å². The molecule has 1 aromatic carbocycles. The second-order valence-electron chi connectivity index (χ2n) is 5.88. The molecule has 3 rings (SSSR count). The van der Waals surface area contributed by atoms with E-state index in [4.69, 9.17) is 9.84 Å². The second kappa shape index (κ2) is 7.89. The van der Waals surface area contributed by atoms with E-state index in [-0.39, 0.29) is 18.2 Å². The summed E-state index contributed by atoms with van der Waals surface area (Å²) in [6, 6.07) is 7.03. The van der Waals surface area contributed by atoms with Crippen LogP contribution in [0.4, 0.5) is 11.5 Å². The molecule has 2 aromatic rings. The van der Waals surface area contributed by atoms with E-state index < -0.39 is 4.92 Å². The van der Waals surface area contributed by atoms with Gasteiger partial charge in [-0.2, -0.15) is 4.98 Å². The summed E-state index contributed by atoms with van der Waals surface area (Å²) >= 11 is 0. The van der Waals surface area contributed by atoms with Gasteiger partial charge in [-0.25, -0.2) is 4.98 Å².